The van der Waals surface area contributed by atoms with Gasteiger partial charge in [0.15, 0.2) is 5.52 Å². The van der Waals surface area contributed by atoms with Crippen LogP contribution < -0.4 is 4.90 Å². The van der Waals surface area contributed by atoms with E-state index in [-0.39, 0.29) is 5.91 Å². The monoisotopic (exact) mass is 381 g/mol. The maximum atomic E-state index is 11.8. The fraction of sp³-hybridized carbons (Fsp3) is 0.571. The van der Waals surface area contributed by atoms with Crippen LogP contribution in [-0.2, 0) is 4.79 Å². The molecule has 0 atom stereocenters. The van der Waals surface area contributed by atoms with Crippen molar-refractivity contribution >= 4 is 28.2 Å². The molecule has 2 saturated heterocycles. The average molecular weight is 381 g/mol. The van der Waals surface area contributed by atoms with Gasteiger partial charge >= 0.3 is 0 Å². The summed E-state index contributed by atoms with van der Waals surface area (Å²) in [4.78, 5) is 18.7. The van der Waals surface area contributed by atoms with Crippen molar-refractivity contribution in [1.29, 1.82) is 0 Å². The van der Waals surface area contributed by atoms with E-state index in [9.17, 15) is 4.79 Å². The molecule has 0 N–H and O–H groups in total. The van der Waals surface area contributed by atoms with Gasteiger partial charge in [-0.15, -0.1) is 0 Å². The van der Waals surface area contributed by atoms with Crippen LogP contribution >= 0.6 is 0 Å². The van der Waals surface area contributed by atoms with Crippen molar-refractivity contribution in [2.45, 2.75) is 26.2 Å². The van der Waals surface area contributed by atoms with E-state index in [2.05, 4.69) is 32.3 Å². The van der Waals surface area contributed by atoms with E-state index < -0.39 is 0 Å². The number of anilines is 1. The third-order valence-electron chi connectivity index (χ3n) is 6.32. The van der Waals surface area contributed by atoms with Crippen molar-refractivity contribution < 1.29 is 9.42 Å². The lowest BCUT2D eigenvalue weighted by molar-refractivity contribution is -0.128. The van der Waals surface area contributed by atoms with Gasteiger partial charge in [0.25, 0.3) is 0 Å². The molecule has 1 aromatic carbocycles. The van der Waals surface area contributed by atoms with Gasteiger partial charge in [-0.2, -0.15) is 0 Å². The normalized spacial score (nSPS) is 21.2. The molecule has 3 aliphatic rings. The van der Waals surface area contributed by atoms with Crippen molar-refractivity contribution in [3.05, 3.63) is 23.8 Å². The molecule has 7 heteroatoms. The van der Waals surface area contributed by atoms with E-state index in [0.717, 1.165) is 54.3 Å². The van der Waals surface area contributed by atoms with E-state index in [1.54, 1.807) is 6.92 Å². The van der Waals surface area contributed by atoms with Gasteiger partial charge in [-0.3, -0.25) is 4.79 Å². The van der Waals surface area contributed by atoms with E-state index in [1.807, 2.05) is 11.0 Å². The molecule has 0 spiro atoms. The molecule has 2 aromatic rings. The number of hydrogen-bond acceptors (Lipinski definition) is 6. The molecular weight excluding hydrogens is 354 g/mol. The Bertz CT molecular complexity index is 909. The first-order valence-electron chi connectivity index (χ1n) is 10.4. The van der Waals surface area contributed by atoms with Crippen LogP contribution in [0, 0.1) is 5.92 Å². The lowest BCUT2D eigenvalue weighted by atomic mass is 9.95. The summed E-state index contributed by atoms with van der Waals surface area (Å²) in [6.45, 7) is 8.91. The molecule has 4 heterocycles. The number of aromatic nitrogens is 2. The summed E-state index contributed by atoms with van der Waals surface area (Å²) in [5.41, 5.74) is 5.03. The molecular formula is C21H27N5O2. The van der Waals surface area contributed by atoms with Gasteiger partial charge < -0.3 is 14.7 Å². The van der Waals surface area contributed by atoms with Gasteiger partial charge in [-0.25, -0.2) is 4.63 Å². The molecule has 0 unspecified atom stereocenters. The summed E-state index contributed by atoms with van der Waals surface area (Å²) < 4.78 is 5.04. The Hall–Kier alpha value is -2.41. The summed E-state index contributed by atoms with van der Waals surface area (Å²) in [7, 11) is 0. The van der Waals surface area contributed by atoms with Gasteiger partial charge in [0.2, 0.25) is 5.91 Å². The van der Waals surface area contributed by atoms with Crippen molar-refractivity contribution in [3.63, 3.8) is 0 Å². The van der Waals surface area contributed by atoms with E-state index in [1.165, 1.54) is 38.0 Å². The van der Waals surface area contributed by atoms with Crippen molar-refractivity contribution in [3.8, 4) is 0 Å². The third-order valence-corrected chi connectivity index (χ3v) is 6.32. The van der Waals surface area contributed by atoms with Gasteiger partial charge in [0.1, 0.15) is 5.52 Å². The van der Waals surface area contributed by atoms with Crippen molar-refractivity contribution in [1.82, 2.24) is 20.1 Å². The predicted octanol–water partition coefficient (Wildman–Crippen LogP) is 2.39. The van der Waals surface area contributed by atoms with Gasteiger partial charge in [-0.1, -0.05) is 6.08 Å². The molecule has 1 aromatic heterocycles. The molecule has 0 saturated carbocycles. The maximum absolute atomic E-state index is 11.8. The average Bonchev–Trinajstić information content (AvgIpc) is 3.35. The number of carbonyl (C=O) groups excluding carboxylic acids is 1. The van der Waals surface area contributed by atoms with Crippen LogP contribution in [0.25, 0.3) is 16.6 Å². The number of benzene rings is 1. The van der Waals surface area contributed by atoms with Crippen LogP contribution in [0.1, 0.15) is 31.7 Å². The zero-order chi connectivity index (χ0) is 19.1. The highest BCUT2D eigenvalue weighted by Crippen LogP contribution is 2.35. The van der Waals surface area contributed by atoms with Crippen LogP contribution in [0.5, 0.6) is 0 Å². The molecule has 1 amide bonds. The Morgan fingerprint density at radius 2 is 2.00 bits per heavy atom. The van der Waals surface area contributed by atoms with Crippen LogP contribution in [0.3, 0.4) is 0 Å². The molecule has 0 bridgehead atoms. The molecule has 7 nitrogen and oxygen atoms in total. The fourth-order valence-corrected chi connectivity index (χ4v) is 4.73. The van der Waals surface area contributed by atoms with E-state index >= 15 is 0 Å². The van der Waals surface area contributed by atoms with Crippen molar-refractivity contribution in [2.24, 2.45) is 5.92 Å². The Balaban J connectivity index is 1.37. The Morgan fingerprint density at radius 1 is 1.18 bits per heavy atom. The third kappa shape index (κ3) is 3.28. The second-order valence-corrected chi connectivity index (χ2v) is 8.36. The first-order valence-corrected chi connectivity index (χ1v) is 10.4. The Morgan fingerprint density at radius 3 is 2.79 bits per heavy atom. The second-order valence-electron chi connectivity index (χ2n) is 8.36. The quantitative estimate of drug-likeness (QED) is 0.810. The SMILES string of the molecule is CC(=O)N1CCC=C(c2cc(N3CC(CN4CCCC4)C3)c3nonc3c2)C1. The van der Waals surface area contributed by atoms with E-state index in [4.69, 9.17) is 4.63 Å². The number of likely N-dealkylation sites (tertiary alicyclic amines) is 1. The highest BCUT2D eigenvalue weighted by atomic mass is 16.6. The molecule has 28 heavy (non-hydrogen) atoms. The lowest BCUT2D eigenvalue weighted by Crippen LogP contribution is -2.51. The summed E-state index contributed by atoms with van der Waals surface area (Å²) in [5.74, 6) is 0.848. The topological polar surface area (TPSA) is 65.7 Å². The van der Waals surface area contributed by atoms with Crippen LogP contribution in [0.15, 0.2) is 22.8 Å². The molecule has 3 aliphatic heterocycles. The Labute approximate surface area is 164 Å². The number of fused-ring (bicyclic) bond motifs is 1. The molecule has 148 valence electrons. The minimum absolute atomic E-state index is 0.127. The van der Waals surface area contributed by atoms with Crippen LogP contribution in [0.2, 0.25) is 0 Å². The number of rotatable bonds is 4. The van der Waals surface area contributed by atoms with Gasteiger partial charge in [0, 0.05) is 45.6 Å². The predicted molar refractivity (Wildman–Crippen MR) is 108 cm³/mol. The van der Waals surface area contributed by atoms with Gasteiger partial charge in [0.05, 0.1) is 5.69 Å². The largest absolute Gasteiger partial charge is 0.369 e. The van der Waals surface area contributed by atoms with Gasteiger partial charge in [-0.05, 0) is 65.9 Å². The standard InChI is InChI=1S/C21H27N5O2/c1-15(27)25-8-4-5-17(14-25)18-9-19-21(23-28-22-19)20(10-18)26-12-16(13-26)11-24-6-2-3-7-24/h5,9-10,16H,2-4,6-8,11-14H2,1H3. The smallest absolute Gasteiger partial charge is 0.219 e. The zero-order valence-corrected chi connectivity index (χ0v) is 16.4. The summed E-state index contributed by atoms with van der Waals surface area (Å²) in [5, 5.41) is 8.26. The van der Waals surface area contributed by atoms with E-state index in [0.29, 0.717) is 6.54 Å². The highest BCUT2D eigenvalue weighted by molar-refractivity contribution is 5.92. The zero-order valence-electron chi connectivity index (χ0n) is 16.4. The number of amides is 1. The number of hydrogen-bond donors (Lipinski definition) is 0. The van der Waals surface area contributed by atoms with Crippen LogP contribution in [-0.4, -0.2) is 71.8 Å². The number of nitrogens with zero attached hydrogens (tertiary/aromatic N) is 5. The molecule has 0 radical (unpaired) electrons. The summed E-state index contributed by atoms with van der Waals surface area (Å²) in [6.07, 6.45) is 5.82. The second kappa shape index (κ2) is 7.20. The lowest BCUT2D eigenvalue weighted by Gasteiger charge is -2.42. The van der Waals surface area contributed by atoms with Crippen molar-refractivity contribution in [2.75, 3.05) is 50.7 Å². The molecule has 5 rings (SSSR count). The first kappa shape index (κ1) is 17.7. The minimum Gasteiger partial charge on any atom is -0.369 e. The molecule has 0 aliphatic carbocycles. The molecule has 2 fully saturated rings. The summed E-state index contributed by atoms with van der Waals surface area (Å²) in [6, 6.07) is 4.24. The fourth-order valence-electron chi connectivity index (χ4n) is 4.73. The first-order chi connectivity index (χ1) is 13.7. The maximum Gasteiger partial charge on any atom is 0.219 e. The minimum atomic E-state index is 0.127. The summed E-state index contributed by atoms with van der Waals surface area (Å²) >= 11 is 0. The number of carbonyl (C=O) groups is 1. The van der Waals surface area contributed by atoms with Crippen LogP contribution in [0.4, 0.5) is 5.69 Å². The highest BCUT2D eigenvalue weighted by Gasteiger charge is 2.31. The Kier molecular flexibility index (Phi) is 4.55.